The first-order chi connectivity index (χ1) is 12.0. The maximum Gasteiger partial charge on any atom is 0.136 e. The largest absolute Gasteiger partial charge is 0.366 e. The van der Waals surface area contributed by atoms with Gasteiger partial charge in [-0.2, -0.15) is 0 Å². The maximum atomic E-state index is 4.51. The fourth-order valence-electron chi connectivity index (χ4n) is 2.74. The van der Waals surface area contributed by atoms with Crippen molar-refractivity contribution in [2.75, 3.05) is 10.6 Å². The van der Waals surface area contributed by atoms with Gasteiger partial charge in [-0.1, -0.05) is 36.4 Å². The zero-order valence-electron chi connectivity index (χ0n) is 15.2. The van der Waals surface area contributed by atoms with Gasteiger partial charge in [0.1, 0.15) is 17.5 Å². The molecule has 4 nitrogen and oxygen atoms in total. The molecule has 0 radical (unpaired) electrons. The Morgan fingerprint density at radius 1 is 0.800 bits per heavy atom. The molecule has 0 fully saturated rings. The van der Waals surface area contributed by atoms with E-state index in [1.165, 1.54) is 22.3 Å². The fourth-order valence-corrected chi connectivity index (χ4v) is 2.74. The predicted octanol–water partition coefficient (Wildman–Crippen LogP) is 5.07. The van der Waals surface area contributed by atoms with Crippen molar-refractivity contribution in [3.05, 3.63) is 76.6 Å². The third-order valence-electron chi connectivity index (χ3n) is 4.43. The summed E-state index contributed by atoms with van der Waals surface area (Å²) in [5, 5.41) is 6.82. The molecule has 0 saturated heterocycles. The lowest BCUT2D eigenvalue weighted by molar-refractivity contribution is 1.02. The van der Waals surface area contributed by atoms with Crippen LogP contribution in [-0.2, 0) is 6.54 Å². The number of aromatic nitrogens is 2. The molecule has 0 amide bonds. The summed E-state index contributed by atoms with van der Waals surface area (Å²) in [4.78, 5) is 9.01. The Morgan fingerprint density at radius 2 is 1.52 bits per heavy atom. The lowest BCUT2D eigenvalue weighted by atomic mass is 10.1. The van der Waals surface area contributed by atoms with Crippen molar-refractivity contribution in [1.82, 2.24) is 9.97 Å². The standard InChI is InChI=1S/C21H24N4/c1-14-9-7-11-19(16(14)3)25-21-12-20(23-17(4)24-21)22-13-18-10-6-5-8-15(18)2/h5-12H,13H2,1-4H3,(H2,22,23,24,25). The summed E-state index contributed by atoms with van der Waals surface area (Å²) in [6.07, 6.45) is 0. The van der Waals surface area contributed by atoms with E-state index in [1.807, 2.05) is 13.0 Å². The summed E-state index contributed by atoms with van der Waals surface area (Å²) < 4.78 is 0. The van der Waals surface area contributed by atoms with Crippen LogP contribution in [0.4, 0.5) is 17.3 Å². The number of hydrogen-bond acceptors (Lipinski definition) is 4. The van der Waals surface area contributed by atoms with Crippen LogP contribution in [0.2, 0.25) is 0 Å². The zero-order valence-corrected chi connectivity index (χ0v) is 15.2. The van der Waals surface area contributed by atoms with E-state index in [0.29, 0.717) is 0 Å². The van der Waals surface area contributed by atoms with E-state index in [0.717, 1.165) is 29.7 Å². The minimum Gasteiger partial charge on any atom is -0.366 e. The van der Waals surface area contributed by atoms with Crippen molar-refractivity contribution in [3.8, 4) is 0 Å². The summed E-state index contributed by atoms with van der Waals surface area (Å²) in [6, 6.07) is 16.5. The van der Waals surface area contributed by atoms with Crippen molar-refractivity contribution < 1.29 is 0 Å². The van der Waals surface area contributed by atoms with Crippen LogP contribution in [0.25, 0.3) is 0 Å². The van der Waals surface area contributed by atoms with Crippen LogP contribution in [0.1, 0.15) is 28.1 Å². The normalized spacial score (nSPS) is 10.6. The van der Waals surface area contributed by atoms with Gasteiger partial charge in [-0.15, -0.1) is 0 Å². The highest BCUT2D eigenvalue weighted by Gasteiger charge is 2.06. The molecule has 3 rings (SSSR count). The molecule has 128 valence electrons. The molecule has 2 aromatic carbocycles. The molecule has 1 heterocycles. The second kappa shape index (κ2) is 7.34. The van der Waals surface area contributed by atoms with Gasteiger partial charge in [-0.25, -0.2) is 9.97 Å². The number of aryl methyl sites for hydroxylation is 3. The minimum absolute atomic E-state index is 0.739. The van der Waals surface area contributed by atoms with Crippen LogP contribution < -0.4 is 10.6 Å². The van der Waals surface area contributed by atoms with Gasteiger partial charge in [0.25, 0.3) is 0 Å². The van der Waals surface area contributed by atoms with Crippen LogP contribution in [-0.4, -0.2) is 9.97 Å². The van der Waals surface area contributed by atoms with Gasteiger partial charge in [-0.05, 0) is 56.0 Å². The number of nitrogens with one attached hydrogen (secondary N) is 2. The molecular formula is C21H24N4. The van der Waals surface area contributed by atoms with Gasteiger partial charge < -0.3 is 10.6 Å². The Balaban J connectivity index is 1.78. The van der Waals surface area contributed by atoms with Crippen LogP contribution in [0.3, 0.4) is 0 Å². The first kappa shape index (κ1) is 17.0. The first-order valence-electron chi connectivity index (χ1n) is 8.50. The Morgan fingerprint density at radius 3 is 2.32 bits per heavy atom. The molecule has 1 aromatic heterocycles. The lowest BCUT2D eigenvalue weighted by Crippen LogP contribution is -2.06. The fraction of sp³-hybridized carbons (Fsp3) is 0.238. The van der Waals surface area contributed by atoms with Crippen LogP contribution in [0, 0.1) is 27.7 Å². The van der Waals surface area contributed by atoms with E-state index in [9.17, 15) is 0 Å². The summed E-state index contributed by atoms with van der Waals surface area (Å²) in [5.74, 6) is 2.36. The van der Waals surface area contributed by atoms with Gasteiger partial charge >= 0.3 is 0 Å². The third kappa shape index (κ3) is 4.15. The molecule has 0 atom stereocenters. The third-order valence-corrected chi connectivity index (χ3v) is 4.43. The lowest BCUT2D eigenvalue weighted by Gasteiger charge is -2.13. The van der Waals surface area contributed by atoms with Crippen LogP contribution in [0.15, 0.2) is 48.5 Å². The Kier molecular flexibility index (Phi) is 4.98. The van der Waals surface area contributed by atoms with E-state index in [4.69, 9.17) is 0 Å². The summed E-state index contributed by atoms with van der Waals surface area (Å²) in [5.41, 5.74) is 6.10. The molecule has 25 heavy (non-hydrogen) atoms. The van der Waals surface area contributed by atoms with Crippen molar-refractivity contribution >= 4 is 17.3 Å². The Hall–Kier alpha value is -2.88. The van der Waals surface area contributed by atoms with E-state index >= 15 is 0 Å². The highest BCUT2D eigenvalue weighted by atomic mass is 15.1. The van der Waals surface area contributed by atoms with Gasteiger partial charge in [0.05, 0.1) is 0 Å². The smallest absolute Gasteiger partial charge is 0.136 e. The maximum absolute atomic E-state index is 4.51. The number of hydrogen-bond donors (Lipinski definition) is 2. The quantitative estimate of drug-likeness (QED) is 0.685. The highest BCUT2D eigenvalue weighted by Crippen LogP contribution is 2.23. The number of nitrogens with zero attached hydrogens (tertiary/aromatic N) is 2. The summed E-state index contributed by atoms with van der Waals surface area (Å²) >= 11 is 0. The van der Waals surface area contributed by atoms with Gasteiger partial charge in [0, 0.05) is 18.3 Å². The molecule has 2 N–H and O–H groups in total. The summed E-state index contributed by atoms with van der Waals surface area (Å²) in [6.45, 7) is 9.00. The molecule has 0 aliphatic heterocycles. The molecule has 0 unspecified atom stereocenters. The second-order valence-electron chi connectivity index (χ2n) is 6.34. The number of rotatable bonds is 5. The topological polar surface area (TPSA) is 49.8 Å². The number of benzene rings is 2. The van der Waals surface area contributed by atoms with Crippen LogP contribution in [0.5, 0.6) is 0 Å². The monoisotopic (exact) mass is 332 g/mol. The predicted molar refractivity (Wildman–Crippen MR) is 104 cm³/mol. The zero-order chi connectivity index (χ0) is 17.8. The molecular weight excluding hydrogens is 308 g/mol. The van der Waals surface area contributed by atoms with Crippen molar-refractivity contribution in [2.45, 2.75) is 34.2 Å². The summed E-state index contributed by atoms with van der Waals surface area (Å²) in [7, 11) is 0. The molecule has 0 saturated carbocycles. The molecule has 0 spiro atoms. The van der Waals surface area contributed by atoms with E-state index in [-0.39, 0.29) is 0 Å². The van der Waals surface area contributed by atoms with E-state index < -0.39 is 0 Å². The molecule has 0 bridgehead atoms. The highest BCUT2D eigenvalue weighted by molar-refractivity contribution is 5.63. The van der Waals surface area contributed by atoms with Crippen molar-refractivity contribution in [1.29, 1.82) is 0 Å². The van der Waals surface area contributed by atoms with E-state index in [1.54, 1.807) is 0 Å². The van der Waals surface area contributed by atoms with Crippen molar-refractivity contribution in [2.24, 2.45) is 0 Å². The first-order valence-corrected chi connectivity index (χ1v) is 8.50. The average Bonchev–Trinajstić information content (AvgIpc) is 2.58. The second-order valence-corrected chi connectivity index (χ2v) is 6.34. The van der Waals surface area contributed by atoms with Gasteiger partial charge in [-0.3, -0.25) is 0 Å². The molecule has 4 heteroatoms. The Bertz CT molecular complexity index is 887. The minimum atomic E-state index is 0.739. The molecule has 3 aromatic rings. The average molecular weight is 332 g/mol. The molecule has 0 aliphatic rings. The SMILES string of the molecule is Cc1nc(NCc2ccccc2C)cc(Nc2cccc(C)c2C)n1. The molecule has 0 aliphatic carbocycles. The number of anilines is 3. The van der Waals surface area contributed by atoms with Gasteiger partial charge in [0.2, 0.25) is 0 Å². The van der Waals surface area contributed by atoms with E-state index in [2.05, 4.69) is 83.8 Å². The van der Waals surface area contributed by atoms with Crippen LogP contribution >= 0.6 is 0 Å². The van der Waals surface area contributed by atoms with Crippen molar-refractivity contribution in [3.63, 3.8) is 0 Å². The Labute approximate surface area is 149 Å². The van der Waals surface area contributed by atoms with Gasteiger partial charge in [0.15, 0.2) is 0 Å².